The molecule has 2 N–H and O–H groups in total. The second-order valence-electron chi connectivity index (χ2n) is 6.16. The fourth-order valence-corrected chi connectivity index (χ4v) is 3.89. The van der Waals surface area contributed by atoms with Crippen molar-refractivity contribution in [2.24, 2.45) is 4.99 Å². The smallest absolute Gasteiger partial charge is 0.335 e. The molecule has 0 bridgehead atoms. The van der Waals surface area contributed by atoms with E-state index >= 15 is 0 Å². The van der Waals surface area contributed by atoms with Crippen molar-refractivity contribution in [3.63, 3.8) is 0 Å². The molecule has 0 amide bonds. The SMILES string of the molecule is COc1cc2nc3ccccc3sc-2cc1=Nc1cc(C(=O)O)cc(C(=O)O)c1. The van der Waals surface area contributed by atoms with Crippen LogP contribution in [0.2, 0.25) is 0 Å². The lowest BCUT2D eigenvalue weighted by Crippen LogP contribution is -2.08. The second-order valence-corrected chi connectivity index (χ2v) is 7.25. The molecule has 144 valence electrons. The number of carboxylic acids is 2. The molecule has 2 aromatic carbocycles. The third kappa shape index (κ3) is 3.65. The summed E-state index contributed by atoms with van der Waals surface area (Å²) in [5, 5.41) is 19.0. The Balaban J connectivity index is 1.96. The molecule has 0 fully saturated rings. The van der Waals surface area contributed by atoms with Gasteiger partial charge in [-0.05, 0) is 36.4 Å². The van der Waals surface area contributed by atoms with Gasteiger partial charge in [-0.25, -0.2) is 19.6 Å². The molecule has 7 nitrogen and oxygen atoms in total. The summed E-state index contributed by atoms with van der Waals surface area (Å²) in [6.07, 6.45) is 0. The van der Waals surface area contributed by atoms with E-state index in [1.807, 2.05) is 24.3 Å². The van der Waals surface area contributed by atoms with Gasteiger partial charge >= 0.3 is 11.9 Å². The molecule has 0 saturated heterocycles. The maximum atomic E-state index is 11.3. The number of fused-ring (bicyclic) bond motifs is 2. The summed E-state index contributed by atoms with van der Waals surface area (Å²) in [7, 11) is 1.50. The minimum absolute atomic E-state index is 0.154. The van der Waals surface area contributed by atoms with E-state index in [2.05, 4.69) is 9.98 Å². The van der Waals surface area contributed by atoms with Gasteiger partial charge in [0.2, 0.25) is 0 Å². The largest absolute Gasteiger partial charge is 0.494 e. The van der Waals surface area contributed by atoms with Crippen LogP contribution in [0.4, 0.5) is 5.69 Å². The highest BCUT2D eigenvalue weighted by Crippen LogP contribution is 2.31. The zero-order valence-electron chi connectivity index (χ0n) is 15.1. The standard InChI is InChI=1S/C21H14N2O5S/c1-28-17-9-16-19(29-18-5-3-2-4-14(18)23-16)10-15(17)22-13-7-11(20(24)25)6-12(8-13)21(26)27/h2-10H,1H3,(H,24,25)(H,26,27). The fraction of sp³-hybridized carbons (Fsp3) is 0.0476. The first-order valence-electron chi connectivity index (χ1n) is 8.48. The van der Waals surface area contributed by atoms with E-state index in [0.29, 0.717) is 11.1 Å². The number of carbonyl (C=O) groups is 2. The molecule has 4 rings (SSSR count). The first kappa shape index (κ1) is 18.6. The molecule has 0 radical (unpaired) electrons. The number of para-hydroxylation sites is 1. The lowest BCUT2D eigenvalue weighted by molar-refractivity contribution is 0.0696. The predicted octanol–water partition coefficient (Wildman–Crippen LogP) is 4.04. The molecular formula is C21H14N2O5S. The summed E-state index contributed by atoms with van der Waals surface area (Å²) >= 11 is 1.54. The Bertz CT molecular complexity index is 1280. The number of carboxylic acid groups (broad SMARTS) is 2. The number of benzene rings is 3. The minimum atomic E-state index is -1.23. The quantitative estimate of drug-likeness (QED) is 0.495. The molecule has 2 aromatic rings. The zero-order chi connectivity index (χ0) is 20.5. The summed E-state index contributed by atoms with van der Waals surface area (Å²) in [4.78, 5) is 32.6. The number of rotatable bonds is 4. The summed E-state index contributed by atoms with van der Waals surface area (Å²) in [5.74, 6) is -2.01. The van der Waals surface area contributed by atoms with Gasteiger partial charge in [0.25, 0.3) is 0 Å². The fourth-order valence-electron chi connectivity index (χ4n) is 2.90. The van der Waals surface area contributed by atoms with Gasteiger partial charge < -0.3 is 14.9 Å². The van der Waals surface area contributed by atoms with Crippen molar-refractivity contribution >= 4 is 39.2 Å². The lowest BCUT2D eigenvalue weighted by atomic mass is 10.1. The minimum Gasteiger partial charge on any atom is -0.494 e. The molecular weight excluding hydrogens is 392 g/mol. The third-order valence-electron chi connectivity index (χ3n) is 4.25. The Hall–Kier alpha value is -3.78. The molecule has 0 saturated carbocycles. The van der Waals surface area contributed by atoms with Crippen LogP contribution in [0, 0.1) is 0 Å². The van der Waals surface area contributed by atoms with Crippen LogP contribution in [0.15, 0.2) is 59.6 Å². The van der Waals surface area contributed by atoms with Gasteiger partial charge in [-0.2, -0.15) is 0 Å². The molecule has 1 aliphatic carbocycles. The van der Waals surface area contributed by atoms with Crippen LogP contribution in [-0.4, -0.2) is 34.2 Å². The predicted molar refractivity (Wildman–Crippen MR) is 108 cm³/mol. The van der Waals surface area contributed by atoms with Gasteiger partial charge in [0.05, 0.1) is 44.7 Å². The molecule has 1 heterocycles. The van der Waals surface area contributed by atoms with E-state index in [1.165, 1.54) is 19.2 Å². The van der Waals surface area contributed by atoms with E-state index < -0.39 is 11.9 Å². The number of hydrogen-bond donors (Lipinski definition) is 2. The molecule has 0 unspecified atom stereocenters. The lowest BCUT2D eigenvalue weighted by Gasteiger charge is -2.09. The highest BCUT2D eigenvalue weighted by Gasteiger charge is 2.13. The van der Waals surface area contributed by atoms with Gasteiger partial charge in [0, 0.05) is 6.07 Å². The van der Waals surface area contributed by atoms with Gasteiger partial charge in [-0.15, -0.1) is 11.3 Å². The van der Waals surface area contributed by atoms with Crippen molar-refractivity contribution in [3.05, 3.63) is 71.1 Å². The van der Waals surface area contributed by atoms with E-state index in [4.69, 9.17) is 4.74 Å². The molecule has 2 aliphatic rings. The van der Waals surface area contributed by atoms with E-state index in [9.17, 15) is 19.8 Å². The van der Waals surface area contributed by atoms with Crippen LogP contribution >= 0.6 is 11.3 Å². The Morgan fingerprint density at radius 2 is 1.69 bits per heavy atom. The van der Waals surface area contributed by atoms with Crippen molar-refractivity contribution < 1.29 is 24.5 Å². The van der Waals surface area contributed by atoms with Gasteiger partial charge in [-0.3, -0.25) is 0 Å². The monoisotopic (exact) mass is 406 g/mol. The third-order valence-corrected chi connectivity index (χ3v) is 5.36. The maximum Gasteiger partial charge on any atom is 0.335 e. The van der Waals surface area contributed by atoms with Crippen molar-refractivity contribution in [2.45, 2.75) is 0 Å². The summed E-state index contributed by atoms with van der Waals surface area (Å²) in [5.41, 5.74) is 1.52. The van der Waals surface area contributed by atoms with Gasteiger partial charge in [0.1, 0.15) is 11.1 Å². The van der Waals surface area contributed by atoms with Crippen LogP contribution < -0.4 is 10.1 Å². The molecule has 0 spiro atoms. The molecule has 29 heavy (non-hydrogen) atoms. The average Bonchev–Trinajstić information content (AvgIpc) is 2.71. The summed E-state index contributed by atoms with van der Waals surface area (Å²) in [6, 6.07) is 15.1. The van der Waals surface area contributed by atoms with Crippen molar-refractivity contribution in [1.82, 2.24) is 4.98 Å². The van der Waals surface area contributed by atoms with E-state index in [1.54, 1.807) is 23.5 Å². The van der Waals surface area contributed by atoms with E-state index in [-0.39, 0.29) is 16.8 Å². The highest BCUT2D eigenvalue weighted by atomic mass is 32.1. The second kappa shape index (κ2) is 7.33. The van der Waals surface area contributed by atoms with Crippen LogP contribution in [0.1, 0.15) is 20.7 Å². The number of hydrogen-bond acceptors (Lipinski definition) is 6. The topological polar surface area (TPSA) is 109 Å². The van der Waals surface area contributed by atoms with Crippen molar-refractivity contribution in [2.75, 3.05) is 7.11 Å². The Morgan fingerprint density at radius 3 is 2.34 bits per heavy atom. The zero-order valence-corrected chi connectivity index (χ0v) is 15.9. The van der Waals surface area contributed by atoms with Gasteiger partial charge in [0.15, 0.2) is 0 Å². The van der Waals surface area contributed by atoms with Crippen LogP contribution in [0.3, 0.4) is 0 Å². The van der Waals surface area contributed by atoms with Crippen molar-refractivity contribution in [3.8, 4) is 16.3 Å². The highest BCUT2D eigenvalue weighted by molar-refractivity contribution is 7.21. The number of ether oxygens (including phenoxy) is 1. The molecule has 0 atom stereocenters. The first-order chi connectivity index (χ1) is 13.9. The number of aromatic carboxylic acids is 2. The van der Waals surface area contributed by atoms with Gasteiger partial charge in [-0.1, -0.05) is 12.1 Å². The number of aromatic nitrogens is 1. The Kier molecular flexibility index (Phi) is 4.69. The van der Waals surface area contributed by atoms with Crippen LogP contribution in [-0.2, 0) is 0 Å². The number of methoxy groups -OCH3 is 1. The molecule has 8 heteroatoms. The Labute approximate surface area is 168 Å². The average molecular weight is 406 g/mol. The maximum absolute atomic E-state index is 11.3. The summed E-state index contributed by atoms with van der Waals surface area (Å²) < 4.78 is 6.44. The summed E-state index contributed by atoms with van der Waals surface area (Å²) in [6.45, 7) is 0. The van der Waals surface area contributed by atoms with Crippen LogP contribution in [0.5, 0.6) is 5.75 Å². The molecule has 1 aliphatic heterocycles. The van der Waals surface area contributed by atoms with Crippen LogP contribution in [0.25, 0.3) is 20.8 Å². The normalized spacial score (nSPS) is 11.7. The first-order valence-corrected chi connectivity index (χ1v) is 9.30. The number of nitrogens with zero attached hydrogens (tertiary/aromatic N) is 2. The van der Waals surface area contributed by atoms with Crippen molar-refractivity contribution in [1.29, 1.82) is 0 Å². The van der Waals surface area contributed by atoms with E-state index in [0.717, 1.165) is 26.9 Å². The molecule has 0 aromatic heterocycles. The Morgan fingerprint density at radius 1 is 1.00 bits per heavy atom.